The molecule has 110 valence electrons. The Kier molecular flexibility index (Phi) is 3.12. The van der Waals surface area contributed by atoms with Gasteiger partial charge in [0, 0.05) is 28.3 Å². The number of hydrogen-bond acceptors (Lipinski definition) is 3. The fourth-order valence-corrected chi connectivity index (χ4v) is 2.43. The molecule has 22 heavy (non-hydrogen) atoms. The molecule has 0 bridgehead atoms. The molecule has 3 aromatic rings. The SMILES string of the molecule is O=C(Nc1ccc2nc(-c3ccc(Cl)cc3)oc2c1)C1CC1. The molecule has 0 atom stereocenters. The van der Waals surface area contributed by atoms with Crippen molar-refractivity contribution in [1.82, 2.24) is 4.98 Å². The van der Waals surface area contributed by atoms with Crippen LogP contribution in [0.3, 0.4) is 0 Å². The van der Waals surface area contributed by atoms with Crippen molar-refractivity contribution >= 4 is 34.3 Å². The highest BCUT2D eigenvalue weighted by atomic mass is 35.5. The van der Waals surface area contributed by atoms with E-state index in [9.17, 15) is 4.79 Å². The average Bonchev–Trinajstić information content (AvgIpc) is 3.28. The molecule has 0 unspecified atom stereocenters. The third-order valence-corrected chi connectivity index (χ3v) is 3.95. The summed E-state index contributed by atoms with van der Waals surface area (Å²) < 4.78 is 5.79. The molecule has 1 aliphatic carbocycles. The third-order valence-electron chi connectivity index (χ3n) is 3.70. The maximum Gasteiger partial charge on any atom is 0.227 e. The van der Waals surface area contributed by atoms with Crippen LogP contribution in [-0.4, -0.2) is 10.9 Å². The summed E-state index contributed by atoms with van der Waals surface area (Å²) in [6.45, 7) is 0. The molecule has 1 fully saturated rings. The Morgan fingerprint density at radius 3 is 2.68 bits per heavy atom. The van der Waals surface area contributed by atoms with Gasteiger partial charge in [-0.2, -0.15) is 0 Å². The summed E-state index contributed by atoms with van der Waals surface area (Å²) in [7, 11) is 0. The van der Waals surface area contributed by atoms with Crippen LogP contribution in [0.5, 0.6) is 0 Å². The monoisotopic (exact) mass is 312 g/mol. The first kappa shape index (κ1) is 13.3. The van der Waals surface area contributed by atoms with E-state index in [0.717, 1.165) is 29.6 Å². The molecule has 0 spiro atoms. The molecule has 4 rings (SSSR count). The number of fused-ring (bicyclic) bond motifs is 1. The number of oxazole rings is 1. The topological polar surface area (TPSA) is 55.1 Å². The summed E-state index contributed by atoms with van der Waals surface area (Å²) in [5.74, 6) is 0.796. The van der Waals surface area contributed by atoms with E-state index in [1.165, 1.54) is 0 Å². The van der Waals surface area contributed by atoms with E-state index >= 15 is 0 Å². The van der Waals surface area contributed by atoms with Gasteiger partial charge in [0.15, 0.2) is 5.58 Å². The Labute approximate surface area is 132 Å². The fraction of sp³-hybridized carbons (Fsp3) is 0.176. The quantitative estimate of drug-likeness (QED) is 0.775. The first-order valence-corrected chi connectivity index (χ1v) is 7.54. The molecule has 1 aromatic heterocycles. The molecular formula is C17H13ClN2O2. The van der Waals surface area contributed by atoms with E-state index in [1.807, 2.05) is 30.3 Å². The molecule has 1 saturated carbocycles. The van der Waals surface area contributed by atoms with Gasteiger partial charge in [0.25, 0.3) is 0 Å². The molecule has 1 N–H and O–H groups in total. The highest BCUT2D eigenvalue weighted by Gasteiger charge is 2.29. The number of amides is 1. The minimum absolute atomic E-state index is 0.0804. The van der Waals surface area contributed by atoms with Crippen molar-refractivity contribution in [3.8, 4) is 11.5 Å². The van der Waals surface area contributed by atoms with Crippen LogP contribution in [0.15, 0.2) is 46.9 Å². The van der Waals surface area contributed by atoms with Crippen LogP contribution in [0.4, 0.5) is 5.69 Å². The van der Waals surface area contributed by atoms with Gasteiger partial charge in [0.2, 0.25) is 11.8 Å². The summed E-state index contributed by atoms with van der Waals surface area (Å²) in [6.07, 6.45) is 1.97. The summed E-state index contributed by atoms with van der Waals surface area (Å²) in [6, 6.07) is 12.8. The molecule has 2 aromatic carbocycles. The second-order valence-corrected chi connectivity index (χ2v) is 5.91. The van der Waals surface area contributed by atoms with Crippen molar-refractivity contribution in [1.29, 1.82) is 0 Å². The zero-order valence-corrected chi connectivity index (χ0v) is 12.4. The molecular weight excluding hydrogens is 300 g/mol. The number of carbonyl (C=O) groups is 1. The van der Waals surface area contributed by atoms with E-state index in [1.54, 1.807) is 12.1 Å². The number of benzene rings is 2. The van der Waals surface area contributed by atoms with Crippen LogP contribution >= 0.6 is 11.6 Å². The second-order valence-electron chi connectivity index (χ2n) is 5.47. The number of rotatable bonds is 3. The van der Waals surface area contributed by atoms with Crippen molar-refractivity contribution in [3.05, 3.63) is 47.5 Å². The van der Waals surface area contributed by atoms with Gasteiger partial charge in [-0.25, -0.2) is 4.98 Å². The summed E-state index contributed by atoms with van der Waals surface area (Å²) in [5.41, 5.74) is 3.01. The van der Waals surface area contributed by atoms with Crippen molar-refractivity contribution in [3.63, 3.8) is 0 Å². The van der Waals surface area contributed by atoms with Crippen LogP contribution in [0.25, 0.3) is 22.6 Å². The number of carbonyl (C=O) groups excluding carboxylic acids is 1. The van der Waals surface area contributed by atoms with Crippen molar-refractivity contribution in [2.24, 2.45) is 5.92 Å². The Morgan fingerprint density at radius 1 is 1.18 bits per heavy atom. The van der Waals surface area contributed by atoms with E-state index in [4.69, 9.17) is 16.0 Å². The van der Waals surface area contributed by atoms with E-state index in [0.29, 0.717) is 16.5 Å². The lowest BCUT2D eigenvalue weighted by Crippen LogP contribution is -2.12. The fourth-order valence-electron chi connectivity index (χ4n) is 2.31. The maximum absolute atomic E-state index is 11.8. The lowest BCUT2D eigenvalue weighted by Gasteiger charge is -2.02. The van der Waals surface area contributed by atoms with Crippen LogP contribution in [0, 0.1) is 5.92 Å². The summed E-state index contributed by atoms with van der Waals surface area (Å²) in [5, 5.41) is 3.58. The van der Waals surface area contributed by atoms with Gasteiger partial charge in [0.05, 0.1) is 0 Å². The van der Waals surface area contributed by atoms with Crippen LogP contribution in [0.1, 0.15) is 12.8 Å². The van der Waals surface area contributed by atoms with E-state index in [2.05, 4.69) is 10.3 Å². The van der Waals surface area contributed by atoms with E-state index in [-0.39, 0.29) is 11.8 Å². The molecule has 1 amide bonds. The average molecular weight is 313 g/mol. The second kappa shape index (κ2) is 5.14. The summed E-state index contributed by atoms with van der Waals surface area (Å²) >= 11 is 5.89. The van der Waals surface area contributed by atoms with Crippen molar-refractivity contribution in [2.75, 3.05) is 5.32 Å². The number of hydrogen-bond donors (Lipinski definition) is 1. The van der Waals surface area contributed by atoms with Gasteiger partial charge in [-0.05, 0) is 49.2 Å². The van der Waals surface area contributed by atoms with Crippen LogP contribution in [-0.2, 0) is 4.79 Å². The van der Waals surface area contributed by atoms with Gasteiger partial charge in [-0.1, -0.05) is 11.6 Å². The van der Waals surface area contributed by atoms with Crippen molar-refractivity contribution in [2.45, 2.75) is 12.8 Å². The minimum Gasteiger partial charge on any atom is -0.436 e. The molecule has 1 aliphatic rings. The highest BCUT2D eigenvalue weighted by Crippen LogP contribution is 2.31. The van der Waals surface area contributed by atoms with Gasteiger partial charge >= 0.3 is 0 Å². The largest absolute Gasteiger partial charge is 0.436 e. The summed E-state index contributed by atoms with van der Waals surface area (Å²) in [4.78, 5) is 16.3. The normalized spacial score (nSPS) is 14.2. The number of aromatic nitrogens is 1. The number of anilines is 1. The van der Waals surface area contributed by atoms with Crippen LogP contribution in [0.2, 0.25) is 5.02 Å². The Morgan fingerprint density at radius 2 is 1.95 bits per heavy atom. The number of nitrogens with one attached hydrogen (secondary N) is 1. The first-order valence-electron chi connectivity index (χ1n) is 7.16. The smallest absolute Gasteiger partial charge is 0.227 e. The molecule has 5 heteroatoms. The molecule has 4 nitrogen and oxygen atoms in total. The molecule has 1 heterocycles. The first-order chi connectivity index (χ1) is 10.7. The molecule has 0 aliphatic heterocycles. The lowest BCUT2D eigenvalue weighted by atomic mass is 10.2. The van der Waals surface area contributed by atoms with Crippen molar-refractivity contribution < 1.29 is 9.21 Å². The van der Waals surface area contributed by atoms with Crippen LogP contribution < -0.4 is 5.32 Å². The molecule has 0 radical (unpaired) electrons. The van der Waals surface area contributed by atoms with Gasteiger partial charge in [-0.3, -0.25) is 4.79 Å². The van der Waals surface area contributed by atoms with Gasteiger partial charge in [0.1, 0.15) is 5.52 Å². The zero-order chi connectivity index (χ0) is 15.1. The predicted molar refractivity (Wildman–Crippen MR) is 85.8 cm³/mol. The highest BCUT2D eigenvalue weighted by molar-refractivity contribution is 6.30. The Bertz CT molecular complexity index is 851. The Hall–Kier alpha value is -2.33. The number of halogens is 1. The standard InChI is InChI=1S/C17H13ClN2O2/c18-12-5-3-11(4-6-12)17-20-14-8-7-13(9-15(14)22-17)19-16(21)10-1-2-10/h3-10H,1-2H2,(H,19,21). The maximum atomic E-state index is 11.8. The predicted octanol–water partition coefficient (Wildman–Crippen LogP) is 4.50. The molecule has 0 saturated heterocycles. The number of nitrogens with zero attached hydrogens (tertiary/aromatic N) is 1. The van der Waals surface area contributed by atoms with Gasteiger partial charge < -0.3 is 9.73 Å². The van der Waals surface area contributed by atoms with E-state index < -0.39 is 0 Å². The Balaban J connectivity index is 1.65. The zero-order valence-electron chi connectivity index (χ0n) is 11.7. The minimum atomic E-state index is 0.0804. The lowest BCUT2D eigenvalue weighted by molar-refractivity contribution is -0.117. The third kappa shape index (κ3) is 2.57. The van der Waals surface area contributed by atoms with Gasteiger partial charge in [-0.15, -0.1) is 0 Å².